The smallest absolute Gasteiger partial charge is 0.153 e. The standard InChI is InChI=1S/C16H16BrN3O/c1-19(10-12-5-4-6-13(17)9-12)16-14(11-21)20-8-3-2-7-15(20)18-16/h2-9,21H,10-11H2,1H3. The van der Waals surface area contributed by atoms with Gasteiger partial charge >= 0.3 is 0 Å². The Labute approximate surface area is 131 Å². The zero-order valence-corrected chi connectivity index (χ0v) is 13.3. The molecular weight excluding hydrogens is 330 g/mol. The minimum absolute atomic E-state index is 0.0384. The maximum Gasteiger partial charge on any atom is 0.153 e. The Kier molecular flexibility index (Phi) is 3.94. The SMILES string of the molecule is CN(Cc1cccc(Br)c1)c1nc2ccccn2c1CO. The largest absolute Gasteiger partial charge is 0.390 e. The molecule has 0 amide bonds. The van der Waals surface area contributed by atoms with Crippen molar-refractivity contribution in [1.29, 1.82) is 0 Å². The van der Waals surface area contributed by atoms with Crippen molar-refractivity contribution in [3.8, 4) is 0 Å². The lowest BCUT2D eigenvalue weighted by atomic mass is 10.2. The van der Waals surface area contributed by atoms with Crippen molar-refractivity contribution in [2.75, 3.05) is 11.9 Å². The molecule has 1 N–H and O–H groups in total. The third kappa shape index (κ3) is 2.80. The van der Waals surface area contributed by atoms with Crippen LogP contribution in [0.1, 0.15) is 11.3 Å². The Morgan fingerprint density at radius 3 is 2.86 bits per heavy atom. The summed E-state index contributed by atoms with van der Waals surface area (Å²) in [6.07, 6.45) is 1.92. The fourth-order valence-electron chi connectivity index (χ4n) is 2.47. The second-order valence-corrected chi connectivity index (χ2v) is 5.87. The number of aromatic nitrogens is 2. The normalized spacial score (nSPS) is 11.0. The second kappa shape index (κ2) is 5.87. The molecule has 0 aliphatic heterocycles. The van der Waals surface area contributed by atoms with Crippen molar-refractivity contribution in [2.45, 2.75) is 13.2 Å². The Morgan fingerprint density at radius 2 is 2.10 bits per heavy atom. The van der Waals surface area contributed by atoms with Crippen molar-refractivity contribution in [3.63, 3.8) is 0 Å². The molecule has 0 fully saturated rings. The highest BCUT2D eigenvalue weighted by molar-refractivity contribution is 9.10. The molecule has 0 unspecified atom stereocenters. The number of aliphatic hydroxyl groups is 1. The number of pyridine rings is 1. The molecule has 5 heteroatoms. The zero-order valence-electron chi connectivity index (χ0n) is 11.7. The highest BCUT2D eigenvalue weighted by Crippen LogP contribution is 2.23. The van der Waals surface area contributed by atoms with Gasteiger partial charge in [-0.2, -0.15) is 0 Å². The minimum atomic E-state index is -0.0384. The Balaban J connectivity index is 1.95. The van der Waals surface area contributed by atoms with Crippen molar-refractivity contribution in [3.05, 3.63) is 64.4 Å². The molecule has 0 saturated heterocycles. The van der Waals surface area contributed by atoms with Crippen LogP contribution in [-0.4, -0.2) is 21.5 Å². The number of hydrogen-bond donors (Lipinski definition) is 1. The van der Waals surface area contributed by atoms with Crippen LogP contribution in [-0.2, 0) is 13.2 Å². The topological polar surface area (TPSA) is 40.8 Å². The summed E-state index contributed by atoms with van der Waals surface area (Å²) in [5.41, 5.74) is 2.84. The molecule has 3 rings (SSSR count). The molecular formula is C16H16BrN3O. The number of aliphatic hydroxyl groups excluding tert-OH is 1. The fourth-order valence-corrected chi connectivity index (χ4v) is 2.92. The molecule has 4 nitrogen and oxygen atoms in total. The average molecular weight is 346 g/mol. The summed E-state index contributed by atoms with van der Waals surface area (Å²) in [5, 5.41) is 9.67. The van der Waals surface area contributed by atoms with E-state index >= 15 is 0 Å². The summed E-state index contributed by atoms with van der Waals surface area (Å²) in [6, 6.07) is 14.0. The van der Waals surface area contributed by atoms with Crippen LogP contribution in [0.25, 0.3) is 5.65 Å². The molecule has 0 aliphatic rings. The van der Waals surface area contributed by atoms with E-state index in [0.717, 1.165) is 28.2 Å². The molecule has 21 heavy (non-hydrogen) atoms. The zero-order chi connectivity index (χ0) is 14.8. The second-order valence-electron chi connectivity index (χ2n) is 4.96. The molecule has 2 heterocycles. The van der Waals surface area contributed by atoms with E-state index in [1.165, 1.54) is 5.56 Å². The van der Waals surface area contributed by atoms with E-state index in [4.69, 9.17) is 0 Å². The van der Waals surface area contributed by atoms with E-state index in [-0.39, 0.29) is 6.61 Å². The average Bonchev–Trinajstić information content (AvgIpc) is 2.86. The highest BCUT2D eigenvalue weighted by atomic mass is 79.9. The predicted molar refractivity (Wildman–Crippen MR) is 87.4 cm³/mol. The van der Waals surface area contributed by atoms with Crippen LogP contribution in [0.2, 0.25) is 0 Å². The lowest BCUT2D eigenvalue weighted by Crippen LogP contribution is -2.18. The van der Waals surface area contributed by atoms with E-state index in [1.807, 2.05) is 48.0 Å². The predicted octanol–water partition coefficient (Wildman–Crippen LogP) is 3.23. The van der Waals surface area contributed by atoms with Crippen LogP contribution in [0.15, 0.2) is 53.1 Å². The molecule has 0 atom stereocenters. The number of fused-ring (bicyclic) bond motifs is 1. The van der Waals surface area contributed by atoms with Gasteiger partial charge in [0, 0.05) is 24.3 Å². The summed E-state index contributed by atoms with van der Waals surface area (Å²) in [7, 11) is 1.99. The van der Waals surface area contributed by atoms with Gasteiger partial charge in [0.25, 0.3) is 0 Å². The first-order valence-electron chi connectivity index (χ1n) is 6.71. The molecule has 0 radical (unpaired) electrons. The molecule has 0 spiro atoms. The van der Waals surface area contributed by atoms with Gasteiger partial charge in [0.1, 0.15) is 5.65 Å². The van der Waals surface area contributed by atoms with Gasteiger partial charge in [-0.15, -0.1) is 0 Å². The van der Waals surface area contributed by atoms with E-state index in [1.54, 1.807) is 0 Å². The first kappa shape index (κ1) is 14.1. The summed E-state index contributed by atoms with van der Waals surface area (Å²) in [4.78, 5) is 6.68. The molecule has 1 aromatic carbocycles. The van der Waals surface area contributed by atoms with Crippen LogP contribution in [0.5, 0.6) is 0 Å². The van der Waals surface area contributed by atoms with Crippen LogP contribution in [0, 0.1) is 0 Å². The third-order valence-electron chi connectivity index (χ3n) is 3.43. The molecule has 0 aliphatic carbocycles. The van der Waals surface area contributed by atoms with Gasteiger partial charge in [-0.1, -0.05) is 34.1 Å². The quantitative estimate of drug-likeness (QED) is 0.789. The molecule has 2 aromatic heterocycles. The van der Waals surface area contributed by atoms with Crippen molar-refractivity contribution < 1.29 is 5.11 Å². The number of halogens is 1. The Hall–Kier alpha value is -1.85. The van der Waals surface area contributed by atoms with Gasteiger partial charge < -0.3 is 10.0 Å². The lowest BCUT2D eigenvalue weighted by molar-refractivity contribution is 0.276. The van der Waals surface area contributed by atoms with E-state index < -0.39 is 0 Å². The van der Waals surface area contributed by atoms with Crippen LogP contribution < -0.4 is 4.90 Å². The van der Waals surface area contributed by atoms with Gasteiger partial charge in [-0.05, 0) is 29.8 Å². The maximum atomic E-state index is 9.67. The Morgan fingerprint density at radius 1 is 1.24 bits per heavy atom. The van der Waals surface area contributed by atoms with Crippen molar-refractivity contribution in [2.24, 2.45) is 0 Å². The minimum Gasteiger partial charge on any atom is -0.390 e. The third-order valence-corrected chi connectivity index (χ3v) is 3.92. The molecule has 0 saturated carbocycles. The van der Waals surface area contributed by atoms with Gasteiger partial charge in [0.05, 0.1) is 12.3 Å². The van der Waals surface area contributed by atoms with Gasteiger partial charge in [0.2, 0.25) is 0 Å². The number of imidazole rings is 1. The van der Waals surface area contributed by atoms with Crippen molar-refractivity contribution >= 4 is 27.4 Å². The summed E-state index contributed by atoms with van der Waals surface area (Å²) in [5.74, 6) is 0.809. The highest BCUT2D eigenvalue weighted by Gasteiger charge is 2.15. The van der Waals surface area contributed by atoms with Gasteiger partial charge in [-0.3, -0.25) is 4.40 Å². The Bertz CT molecular complexity index is 769. The van der Waals surface area contributed by atoms with Crippen LogP contribution in [0.3, 0.4) is 0 Å². The summed E-state index contributed by atoms with van der Waals surface area (Å²) < 4.78 is 2.98. The van der Waals surface area contributed by atoms with Crippen LogP contribution in [0.4, 0.5) is 5.82 Å². The van der Waals surface area contributed by atoms with Gasteiger partial charge in [-0.25, -0.2) is 4.98 Å². The number of rotatable bonds is 4. The van der Waals surface area contributed by atoms with E-state index in [2.05, 4.69) is 37.9 Å². The number of nitrogens with zero attached hydrogens (tertiary/aromatic N) is 3. The maximum absolute atomic E-state index is 9.67. The van der Waals surface area contributed by atoms with E-state index in [0.29, 0.717) is 0 Å². The lowest BCUT2D eigenvalue weighted by Gasteiger charge is -2.18. The molecule has 0 bridgehead atoms. The monoisotopic (exact) mass is 345 g/mol. The van der Waals surface area contributed by atoms with E-state index in [9.17, 15) is 5.11 Å². The number of hydrogen-bond acceptors (Lipinski definition) is 3. The van der Waals surface area contributed by atoms with Crippen LogP contribution >= 0.6 is 15.9 Å². The summed E-state index contributed by atoms with van der Waals surface area (Å²) in [6.45, 7) is 0.694. The number of anilines is 1. The molecule has 108 valence electrons. The van der Waals surface area contributed by atoms with Gasteiger partial charge in [0.15, 0.2) is 5.82 Å². The first-order chi connectivity index (χ1) is 10.2. The molecule has 3 aromatic rings. The number of benzene rings is 1. The fraction of sp³-hybridized carbons (Fsp3) is 0.188. The van der Waals surface area contributed by atoms with Crippen molar-refractivity contribution in [1.82, 2.24) is 9.38 Å². The summed E-state index contributed by atoms with van der Waals surface area (Å²) >= 11 is 3.49. The first-order valence-corrected chi connectivity index (χ1v) is 7.51.